The van der Waals surface area contributed by atoms with Crippen LogP contribution in [0.2, 0.25) is 0 Å². The molecule has 0 aliphatic carbocycles. The molecule has 64 valence electrons. The molecule has 1 saturated heterocycles. The zero-order valence-electron chi connectivity index (χ0n) is 6.67. The van der Waals surface area contributed by atoms with E-state index in [9.17, 15) is 9.90 Å². The van der Waals surface area contributed by atoms with E-state index in [4.69, 9.17) is 0 Å². The Morgan fingerprint density at radius 2 is 2.55 bits per heavy atom. The van der Waals surface area contributed by atoms with Crippen LogP contribution >= 0.6 is 0 Å². The van der Waals surface area contributed by atoms with Crippen LogP contribution in [0.1, 0.15) is 13.3 Å². The third kappa shape index (κ3) is 1.83. The van der Waals surface area contributed by atoms with E-state index < -0.39 is 6.09 Å². The van der Waals surface area contributed by atoms with Gasteiger partial charge >= 0.3 is 0 Å². The fourth-order valence-corrected chi connectivity index (χ4v) is 1.37. The standard InChI is InChI=1S/C7H14N2O2/c1-2-6-5-8-3-4-9(6)7(10)11/h6,8H,2-5H2,1H3,(H,10,11)/p-1. The summed E-state index contributed by atoms with van der Waals surface area (Å²) in [5.74, 6) is 0. The smallest absolute Gasteiger partial charge is 0.137 e. The van der Waals surface area contributed by atoms with E-state index in [0.717, 1.165) is 19.5 Å². The molecule has 1 unspecified atom stereocenters. The van der Waals surface area contributed by atoms with Crippen LogP contribution in [0.4, 0.5) is 4.79 Å². The van der Waals surface area contributed by atoms with Gasteiger partial charge in [-0.2, -0.15) is 0 Å². The van der Waals surface area contributed by atoms with Crippen molar-refractivity contribution in [1.29, 1.82) is 0 Å². The highest BCUT2D eigenvalue weighted by Crippen LogP contribution is 2.05. The van der Waals surface area contributed by atoms with Gasteiger partial charge in [0.05, 0.1) is 0 Å². The van der Waals surface area contributed by atoms with Crippen LogP contribution in [0.15, 0.2) is 0 Å². The van der Waals surface area contributed by atoms with Crippen molar-refractivity contribution in [3.8, 4) is 0 Å². The molecule has 1 N–H and O–H groups in total. The van der Waals surface area contributed by atoms with Gasteiger partial charge in [-0.25, -0.2) is 0 Å². The van der Waals surface area contributed by atoms with Crippen molar-refractivity contribution < 1.29 is 9.90 Å². The minimum absolute atomic E-state index is 0.105. The first kappa shape index (κ1) is 8.33. The maximum atomic E-state index is 10.5. The Bertz CT molecular complexity index is 149. The van der Waals surface area contributed by atoms with Crippen LogP contribution in [0.25, 0.3) is 0 Å². The molecule has 1 heterocycles. The van der Waals surface area contributed by atoms with E-state index in [-0.39, 0.29) is 6.04 Å². The van der Waals surface area contributed by atoms with Gasteiger partial charge in [-0.1, -0.05) is 6.92 Å². The molecule has 0 aromatic carbocycles. The number of carboxylic acid groups (broad SMARTS) is 1. The summed E-state index contributed by atoms with van der Waals surface area (Å²) >= 11 is 0. The molecular weight excluding hydrogens is 144 g/mol. The largest absolute Gasteiger partial charge is 0.530 e. The normalized spacial score (nSPS) is 25.2. The molecule has 1 fully saturated rings. The molecule has 0 bridgehead atoms. The Hall–Kier alpha value is -0.770. The van der Waals surface area contributed by atoms with Gasteiger partial charge in [0.1, 0.15) is 6.09 Å². The Kier molecular flexibility index (Phi) is 2.70. The number of hydrogen-bond acceptors (Lipinski definition) is 3. The SMILES string of the molecule is CCC1CNCCN1C(=O)[O-]. The van der Waals surface area contributed by atoms with Crippen molar-refractivity contribution in [1.82, 2.24) is 10.2 Å². The number of nitrogens with one attached hydrogen (secondary N) is 1. The van der Waals surface area contributed by atoms with Crippen molar-refractivity contribution in [3.05, 3.63) is 0 Å². The fourth-order valence-electron chi connectivity index (χ4n) is 1.37. The van der Waals surface area contributed by atoms with Crippen LogP contribution in [0, 0.1) is 0 Å². The molecule has 1 amide bonds. The Morgan fingerprint density at radius 1 is 1.82 bits per heavy atom. The third-order valence-electron chi connectivity index (χ3n) is 2.06. The number of piperazine rings is 1. The molecule has 0 aromatic rings. The van der Waals surface area contributed by atoms with Gasteiger partial charge in [0.25, 0.3) is 0 Å². The van der Waals surface area contributed by atoms with E-state index in [2.05, 4.69) is 5.32 Å². The molecule has 0 radical (unpaired) electrons. The monoisotopic (exact) mass is 157 g/mol. The Balaban J connectivity index is 2.51. The molecule has 1 rings (SSSR count). The maximum absolute atomic E-state index is 10.5. The highest BCUT2D eigenvalue weighted by molar-refractivity contribution is 5.63. The van der Waals surface area contributed by atoms with E-state index in [1.165, 1.54) is 4.90 Å². The lowest BCUT2D eigenvalue weighted by Gasteiger charge is -2.37. The summed E-state index contributed by atoms with van der Waals surface area (Å²) in [7, 11) is 0. The zero-order chi connectivity index (χ0) is 8.27. The minimum atomic E-state index is -1.04. The molecule has 1 aliphatic rings. The molecule has 1 aliphatic heterocycles. The van der Waals surface area contributed by atoms with E-state index >= 15 is 0 Å². The first-order valence-corrected chi connectivity index (χ1v) is 3.94. The van der Waals surface area contributed by atoms with Crippen molar-refractivity contribution in [2.45, 2.75) is 19.4 Å². The van der Waals surface area contributed by atoms with Crippen LogP contribution in [0.3, 0.4) is 0 Å². The van der Waals surface area contributed by atoms with Crippen molar-refractivity contribution in [2.24, 2.45) is 0 Å². The number of hydrogen-bond donors (Lipinski definition) is 1. The van der Waals surface area contributed by atoms with E-state index in [1.54, 1.807) is 0 Å². The van der Waals surface area contributed by atoms with Crippen molar-refractivity contribution in [3.63, 3.8) is 0 Å². The summed E-state index contributed by atoms with van der Waals surface area (Å²) in [5, 5.41) is 13.6. The van der Waals surface area contributed by atoms with Gasteiger partial charge in [0, 0.05) is 25.7 Å². The second kappa shape index (κ2) is 3.57. The highest BCUT2D eigenvalue weighted by Gasteiger charge is 2.19. The van der Waals surface area contributed by atoms with Crippen LogP contribution in [-0.4, -0.2) is 36.7 Å². The second-order valence-corrected chi connectivity index (χ2v) is 2.73. The van der Waals surface area contributed by atoms with Crippen LogP contribution in [0.5, 0.6) is 0 Å². The quantitative estimate of drug-likeness (QED) is 0.532. The summed E-state index contributed by atoms with van der Waals surface area (Å²) in [4.78, 5) is 11.9. The van der Waals surface area contributed by atoms with E-state index in [1.807, 2.05) is 6.92 Å². The molecule has 0 spiro atoms. The molecule has 4 nitrogen and oxygen atoms in total. The summed E-state index contributed by atoms with van der Waals surface area (Å²) in [6.45, 7) is 4.03. The lowest BCUT2D eigenvalue weighted by atomic mass is 10.1. The minimum Gasteiger partial charge on any atom is -0.530 e. The fraction of sp³-hybridized carbons (Fsp3) is 0.857. The van der Waals surface area contributed by atoms with Gasteiger partial charge < -0.3 is 20.1 Å². The first-order chi connectivity index (χ1) is 5.25. The topological polar surface area (TPSA) is 55.4 Å². The summed E-state index contributed by atoms with van der Waals surface area (Å²) in [6, 6.07) is 0.105. The van der Waals surface area contributed by atoms with Gasteiger partial charge in [0.15, 0.2) is 0 Å². The summed E-state index contributed by atoms with van der Waals surface area (Å²) < 4.78 is 0. The molecule has 0 saturated carbocycles. The third-order valence-corrected chi connectivity index (χ3v) is 2.06. The second-order valence-electron chi connectivity index (χ2n) is 2.73. The Labute approximate surface area is 66.2 Å². The number of amides is 1. The number of nitrogens with zero attached hydrogens (tertiary/aromatic N) is 1. The average Bonchev–Trinajstić information content (AvgIpc) is 2.04. The molecule has 0 aromatic heterocycles. The van der Waals surface area contributed by atoms with Gasteiger partial charge in [-0.15, -0.1) is 0 Å². The van der Waals surface area contributed by atoms with Crippen LogP contribution < -0.4 is 10.4 Å². The molecule has 1 atom stereocenters. The number of carbonyl (C=O) groups is 1. The predicted octanol–water partition coefficient (Wildman–Crippen LogP) is -0.986. The van der Waals surface area contributed by atoms with Crippen LogP contribution in [-0.2, 0) is 0 Å². The number of rotatable bonds is 1. The van der Waals surface area contributed by atoms with Gasteiger partial charge in [0.2, 0.25) is 0 Å². The first-order valence-electron chi connectivity index (χ1n) is 3.94. The van der Waals surface area contributed by atoms with Crippen molar-refractivity contribution in [2.75, 3.05) is 19.6 Å². The van der Waals surface area contributed by atoms with E-state index in [0.29, 0.717) is 6.54 Å². The lowest BCUT2D eigenvalue weighted by molar-refractivity contribution is -0.268. The lowest BCUT2D eigenvalue weighted by Crippen LogP contribution is -2.56. The summed E-state index contributed by atoms with van der Waals surface area (Å²) in [5.41, 5.74) is 0. The zero-order valence-corrected chi connectivity index (χ0v) is 6.67. The predicted molar refractivity (Wildman–Crippen MR) is 39.1 cm³/mol. The molecule has 4 heteroatoms. The average molecular weight is 157 g/mol. The molecular formula is C7H13N2O2-. The highest BCUT2D eigenvalue weighted by atomic mass is 16.4. The van der Waals surface area contributed by atoms with Gasteiger partial charge in [-0.05, 0) is 6.42 Å². The maximum Gasteiger partial charge on any atom is 0.137 e. The Morgan fingerprint density at radius 3 is 3.00 bits per heavy atom. The van der Waals surface area contributed by atoms with Crippen molar-refractivity contribution >= 4 is 6.09 Å². The van der Waals surface area contributed by atoms with Gasteiger partial charge in [-0.3, -0.25) is 0 Å². The summed E-state index contributed by atoms with van der Waals surface area (Å²) in [6.07, 6.45) is -0.195. The number of carbonyl (C=O) groups excluding carboxylic acids is 1. The molecule has 11 heavy (non-hydrogen) atoms.